The highest BCUT2D eigenvalue weighted by atomic mass is 16.6. The van der Waals surface area contributed by atoms with Gasteiger partial charge in [0.2, 0.25) is 47.3 Å². The van der Waals surface area contributed by atoms with E-state index < -0.39 is 128 Å². The van der Waals surface area contributed by atoms with Crippen LogP contribution < -0.4 is 47.9 Å². The Labute approximate surface area is 735 Å². The van der Waals surface area contributed by atoms with Crippen LogP contribution in [0.2, 0.25) is 0 Å². The molecule has 704 valence electrons. The third-order valence-electron chi connectivity index (χ3n) is 19.8. The Morgan fingerprint density at radius 1 is 0.460 bits per heavy atom. The molecule has 3 aromatic rings. The summed E-state index contributed by atoms with van der Waals surface area (Å²) in [5.74, 6) is -8.56. The number of methoxy groups -OCH3 is 1. The number of aliphatic carboxylic acids is 1. The van der Waals surface area contributed by atoms with Crippen LogP contribution in [0.5, 0.6) is 5.75 Å². The number of phenols is 1. The van der Waals surface area contributed by atoms with Gasteiger partial charge in [-0.25, -0.2) is 0 Å². The Balaban J connectivity index is 0.777. The summed E-state index contributed by atoms with van der Waals surface area (Å²) in [5, 5.41) is 42.6. The van der Waals surface area contributed by atoms with Crippen molar-refractivity contribution in [3.63, 3.8) is 0 Å². The summed E-state index contributed by atoms with van der Waals surface area (Å²) in [5.41, 5.74) is 3.72. The van der Waals surface area contributed by atoms with Crippen LogP contribution in [0.25, 0.3) is 0 Å². The number of amides is 10. The Morgan fingerprint density at radius 3 is 1.37 bits per heavy atom. The fraction of sp³-hybridized carbons (Fsp3) is 0.640. The number of benzene rings is 3. The van der Waals surface area contributed by atoms with Crippen molar-refractivity contribution in [2.24, 2.45) is 5.92 Å². The molecule has 1 fully saturated rings. The van der Waals surface area contributed by atoms with E-state index >= 15 is 0 Å². The quantitative estimate of drug-likeness (QED) is 0.0151. The van der Waals surface area contributed by atoms with Crippen molar-refractivity contribution >= 4 is 70.7 Å². The fourth-order valence-electron chi connectivity index (χ4n) is 13.4. The van der Waals surface area contributed by atoms with E-state index in [2.05, 4.69) is 47.9 Å². The number of nitrogens with one attached hydrogen (secondary N) is 9. The minimum Gasteiger partial charge on any atom is -0.508 e. The van der Waals surface area contributed by atoms with Gasteiger partial charge in [0.25, 0.3) is 11.8 Å². The summed E-state index contributed by atoms with van der Waals surface area (Å²) < 4.78 is 93.4. The molecule has 2 heterocycles. The molecule has 40 nitrogen and oxygen atoms in total. The van der Waals surface area contributed by atoms with Crippen LogP contribution >= 0.6 is 0 Å². The van der Waals surface area contributed by atoms with Gasteiger partial charge in [0.05, 0.1) is 238 Å². The van der Waals surface area contributed by atoms with Crippen LogP contribution in [-0.4, -0.2) is 356 Å². The molecule has 4 atom stereocenters. The number of anilines is 1. The van der Waals surface area contributed by atoms with Gasteiger partial charge in [-0.05, 0) is 72.1 Å². The monoisotopic (exact) mass is 1780 g/mol. The molecule has 126 heavy (non-hydrogen) atoms. The molecule has 40 heteroatoms. The summed E-state index contributed by atoms with van der Waals surface area (Å²) in [6, 6.07) is 15.1. The smallest absolute Gasteiger partial charge is 0.317 e. The second-order valence-electron chi connectivity index (χ2n) is 28.9. The highest BCUT2D eigenvalue weighted by Gasteiger charge is 2.54. The lowest BCUT2D eigenvalue weighted by Gasteiger charge is -2.36. The van der Waals surface area contributed by atoms with Crippen molar-refractivity contribution in [1.82, 2.24) is 47.4 Å². The van der Waals surface area contributed by atoms with Crippen molar-refractivity contribution in [1.29, 1.82) is 0 Å². The van der Waals surface area contributed by atoms with Crippen LogP contribution in [0.3, 0.4) is 0 Å². The molecule has 0 unspecified atom stereocenters. The number of nitrogens with zero attached hydrogens (tertiary/aromatic N) is 1. The highest BCUT2D eigenvalue weighted by molar-refractivity contribution is 6.15. The van der Waals surface area contributed by atoms with Crippen molar-refractivity contribution in [2.45, 2.75) is 94.9 Å². The number of carbonyl (C=O) groups is 11. The predicted molar refractivity (Wildman–Crippen MR) is 452 cm³/mol. The Kier molecular flexibility index (Phi) is 54.8. The molecule has 10 amide bonds. The minimum atomic E-state index is -1.63. The highest BCUT2D eigenvalue weighted by Crippen LogP contribution is 2.53. The zero-order valence-corrected chi connectivity index (χ0v) is 72.5. The van der Waals surface area contributed by atoms with Crippen LogP contribution in [0.4, 0.5) is 5.69 Å². The van der Waals surface area contributed by atoms with Gasteiger partial charge in [-0.15, -0.1) is 0 Å². The lowest BCUT2D eigenvalue weighted by atomic mass is 9.63. The van der Waals surface area contributed by atoms with Crippen LogP contribution in [-0.2, 0) is 152 Å². The van der Waals surface area contributed by atoms with Gasteiger partial charge in [-0.1, -0.05) is 80.3 Å². The minimum absolute atomic E-state index is 0.00439. The number of fused-ring (bicyclic) bond motifs is 1. The summed E-state index contributed by atoms with van der Waals surface area (Å²) in [6.45, 7) is 11.2. The zero-order chi connectivity index (χ0) is 90.3. The third-order valence-corrected chi connectivity index (χ3v) is 19.8. The number of phenolic OH excluding ortho intramolecular Hbond substituents is 1. The molecule has 3 aliphatic rings. The number of carboxylic acids is 1. The lowest BCUT2D eigenvalue weighted by Crippen LogP contribution is -2.58. The molecule has 11 N–H and O–H groups in total. The number of rotatable bonds is 75. The topological polar surface area (TPSA) is 497 Å². The zero-order valence-electron chi connectivity index (χ0n) is 72.5. The SMILES string of the molecule is COCCOCCOCCOCCOCCOCCOCCOCCOCCOCCOCCOCCOCCOCCOCCOCCNC(=O)[C@H](CCC(=O)NCC(=O)NCC(=O)N[C@@H](Cc1ccccc1)C(=O)NCC(=O)NCOCc1ccc2c(c1C)NC(=O)[C@]2(c1ccc(O)cc1)C1CCCCCC1)NC(=O)[C@H](CNCC(=O)O)N1C(=O)C=CC1=O. The van der Waals surface area contributed by atoms with Crippen molar-refractivity contribution in [2.75, 3.05) is 263 Å². The first-order valence-corrected chi connectivity index (χ1v) is 42.9. The predicted octanol–water partition coefficient (Wildman–Crippen LogP) is -0.180. The van der Waals surface area contributed by atoms with Gasteiger partial charge in [0.1, 0.15) is 36.0 Å². The van der Waals surface area contributed by atoms with E-state index in [1.807, 2.05) is 31.2 Å². The number of hydrogen-bond donors (Lipinski definition) is 11. The summed E-state index contributed by atoms with van der Waals surface area (Å²) in [4.78, 5) is 146. The Hall–Kier alpha value is -9.15. The summed E-state index contributed by atoms with van der Waals surface area (Å²) in [7, 11) is 1.63. The van der Waals surface area contributed by atoms with E-state index in [0.717, 1.165) is 72.9 Å². The van der Waals surface area contributed by atoms with Crippen molar-refractivity contribution < 1.29 is 143 Å². The van der Waals surface area contributed by atoms with Crippen LogP contribution in [0.15, 0.2) is 78.9 Å². The molecular weight excluding hydrogens is 1650 g/mol. The van der Waals surface area contributed by atoms with Crippen LogP contribution in [0.1, 0.15) is 79.2 Å². The van der Waals surface area contributed by atoms with Gasteiger partial charge < -0.3 is 139 Å². The number of carbonyl (C=O) groups excluding carboxylic acids is 10. The van der Waals surface area contributed by atoms with E-state index in [-0.39, 0.29) is 76.9 Å². The molecule has 1 aliphatic carbocycles. The first-order chi connectivity index (χ1) is 61.4. The molecular formula is C86H130N10O30. The van der Waals surface area contributed by atoms with Crippen molar-refractivity contribution in [3.8, 4) is 5.75 Å². The Bertz CT molecular complexity index is 3680. The molecule has 2 aliphatic heterocycles. The largest absolute Gasteiger partial charge is 0.508 e. The van der Waals surface area contributed by atoms with Gasteiger partial charge in [-0.2, -0.15) is 0 Å². The maximum atomic E-state index is 14.3. The lowest BCUT2D eigenvalue weighted by molar-refractivity contribution is -0.146. The Morgan fingerprint density at radius 2 is 0.897 bits per heavy atom. The third kappa shape index (κ3) is 42.6. The molecule has 0 aromatic heterocycles. The first kappa shape index (κ1) is 106. The second kappa shape index (κ2) is 65.4. The molecule has 0 spiro atoms. The average Bonchev–Trinajstić information content (AvgIpc) is 1.55. The number of aromatic hydroxyl groups is 1. The van der Waals surface area contributed by atoms with Gasteiger partial charge in [-0.3, -0.25) is 57.6 Å². The summed E-state index contributed by atoms with van der Waals surface area (Å²) in [6.07, 6.45) is 6.97. The number of imide groups is 1. The molecule has 0 radical (unpaired) electrons. The second-order valence-corrected chi connectivity index (χ2v) is 28.9. The molecule has 1 saturated carbocycles. The van der Waals surface area contributed by atoms with E-state index in [0.29, 0.717) is 188 Å². The van der Waals surface area contributed by atoms with E-state index in [9.17, 15) is 63.0 Å². The van der Waals surface area contributed by atoms with Crippen LogP contribution in [0, 0.1) is 12.8 Å². The summed E-state index contributed by atoms with van der Waals surface area (Å²) >= 11 is 0. The van der Waals surface area contributed by atoms with E-state index in [4.69, 9.17) is 80.5 Å². The van der Waals surface area contributed by atoms with Gasteiger partial charge in [0.15, 0.2) is 0 Å². The maximum Gasteiger partial charge on any atom is 0.317 e. The van der Waals surface area contributed by atoms with E-state index in [1.54, 1.807) is 49.6 Å². The number of carboxylic acid groups (broad SMARTS) is 1. The van der Waals surface area contributed by atoms with E-state index in [1.165, 1.54) is 0 Å². The van der Waals surface area contributed by atoms with Gasteiger partial charge >= 0.3 is 5.97 Å². The molecule has 3 aromatic carbocycles. The maximum absolute atomic E-state index is 14.3. The fourth-order valence-corrected chi connectivity index (χ4v) is 13.4. The average molecular weight is 1780 g/mol. The normalized spacial score (nSPS) is 15.2. The number of hydrogen-bond acceptors (Lipinski definition) is 30. The van der Waals surface area contributed by atoms with Crippen molar-refractivity contribution in [3.05, 3.63) is 107 Å². The number of ether oxygens (including phenoxy) is 17. The first-order valence-electron chi connectivity index (χ1n) is 42.9. The molecule has 0 saturated heterocycles. The molecule has 6 rings (SSSR count). The standard InChI is InChI=1S/C86H130N10O30/c1-64-66(14-19-70-81(64)95-85(109)86(70,67-12-8-3-4-9-13-67)68-15-17-69(97)18-16-68)62-126-63-92-76(100)59-91-83(107)72(56-65-10-6-5-7-11-65)93-77(101)60-90-75(99)58-89-74(98)21-20-71(94-84(108)73(57-87-61-80(104)105)96-78(102)22-23-79(96)103)82(106)88-24-25-111-28-29-113-32-33-115-36-37-117-40-41-119-44-45-121-48-49-123-52-53-125-55-54-124-51-50-122-47-46-120-43-42-118-39-38-116-35-34-114-31-30-112-27-26-110-2/h5-7,10-11,14-19,22-23,67,71-73,87,97H,3-4,8-9,12-13,20-21,24-63H2,1-2H3,(H,88,106)(H,89,98)(H,90,99)(H,91,107)(H,92,100)(H,93,101)(H,94,108)(H,95,109)(H,104,105)/t71-,72-,73-,86-/m0/s1. The molecule has 0 bridgehead atoms. The van der Waals surface area contributed by atoms with Gasteiger partial charge in [0, 0.05) is 50.9 Å².